The monoisotopic (exact) mass is 345 g/mol. The van der Waals surface area contributed by atoms with Crippen LogP contribution in [0.5, 0.6) is 11.5 Å². The maximum atomic E-state index is 5.53. The highest BCUT2D eigenvalue weighted by molar-refractivity contribution is 9.10. The van der Waals surface area contributed by atoms with Crippen LogP contribution in [-0.4, -0.2) is 13.7 Å². The van der Waals surface area contributed by atoms with Crippen LogP contribution in [0.2, 0.25) is 0 Å². The van der Waals surface area contributed by atoms with Gasteiger partial charge in [0.2, 0.25) is 0 Å². The van der Waals surface area contributed by atoms with E-state index in [9.17, 15) is 0 Å². The van der Waals surface area contributed by atoms with Gasteiger partial charge in [-0.25, -0.2) is 0 Å². The fraction of sp³-hybridized carbons (Fsp3) is 0.176. The smallest absolute Gasteiger partial charge is 0.148 e. The molecule has 0 fully saturated rings. The molecule has 0 aliphatic rings. The van der Waals surface area contributed by atoms with Gasteiger partial charge in [-0.15, -0.1) is 6.42 Å². The van der Waals surface area contributed by atoms with Gasteiger partial charge in [-0.1, -0.05) is 24.1 Å². The maximum Gasteiger partial charge on any atom is 0.148 e. The van der Waals surface area contributed by atoms with Crippen molar-refractivity contribution in [3.8, 4) is 23.8 Å². The van der Waals surface area contributed by atoms with Crippen molar-refractivity contribution in [2.45, 2.75) is 6.54 Å². The Kier molecular flexibility index (Phi) is 5.53. The second-order valence-electron chi connectivity index (χ2n) is 4.30. The van der Waals surface area contributed by atoms with Crippen LogP contribution in [0, 0.1) is 12.3 Å². The largest absolute Gasteiger partial charge is 0.495 e. The van der Waals surface area contributed by atoms with Gasteiger partial charge < -0.3 is 14.8 Å². The molecule has 0 bridgehead atoms. The number of anilines is 1. The number of halogens is 1. The minimum absolute atomic E-state index is 0.267. The zero-order chi connectivity index (χ0) is 15.1. The van der Waals surface area contributed by atoms with E-state index in [-0.39, 0.29) is 6.61 Å². The molecular formula is C17H16BrNO2. The lowest BCUT2D eigenvalue weighted by atomic mass is 10.2. The van der Waals surface area contributed by atoms with Crippen molar-refractivity contribution in [1.82, 2.24) is 0 Å². The van der Waals surface area contributed by atoms with Gasteiger partial charge in [0.1, 0.15) is 18.1 Å². The van der Waals surface area contributed by atoms with Crippen LogP contribution in [-0.2, 0) is 6.54 Å². The predicted molar refractivity (Wildman–Crippen MR) is 88.8 cm³/mol. The molecular weight excluding hydrogens is 330 g/mol. The standard InChI is InChI=1S/C17H16BrNO2/c1-3-10-21-16-7-5-4-6-13(16)12-19-14-8-9-15(18)17(11-14)20-2/h1,4-9,11,19H,10,12H2,2H3. The van der Waals surface area contributed by atoms with Gasteiger partial charge in [0.15, 0.2) is 0 Å². The SMILES string of the molecule is C#CCOc1ccccc1CNc1ccc(Br)c(OC)c1. The third-order valence-corrected chi connectivity index (χ3v) is 3.57. The van der Waals surface area contributed by atoms with Crippen LogP contribution in [0.1, 0.15) is 5.56 Å². The summed E-state index contributed by atoms with van der Waals surface area (Å²) in [7, 11) is 1.65. The Morgan fingerprint density at radius 1 is 1.19 bits per heavy atom. The Morgan fingerprint density at radius 3 is 2.76 bits per heavy atom. The summed E-state index contributed by atoms with van der Waals surface area (Å²) in [6.45, 7) is 0.911. The third-order valence-electron chi connectivity index (χ3n) is 2.92. The lowest BCUT2D eigenvalue weighted by Gasteiger charge is -2.12. The first-order valence-corrected chi connectivity index (χ1v) is 7.25. The molecule has 4 heteroatoms. The molecule has 0 aromatic heterocycles. The van der Waals surface area contributed by atoms with Crippen molar-refractivity contribution < 1.29 is 9.47 Å². The van der Waals surface area contributed by atoms with Crippen molar-refractivity contribution >= 4 is 21.6 Å². The Hall–Kier alpha value is -2.12. The molecule has 1 N–H and O–H groups in total. The van der Waals surface area contributed by atoms with E-state index in [4.69, 9.17) is 15.9 Å². The van der Waals surface area contributed by atoms with Crippen LogP contribution >= 0.6 is 15.9 Å². The maximum absolute atomic E-state index is 5.53. The van der Waals surface area contributed by atoms with E-state index in [2.05, 4.69) is 27.2 Å². The Morgan fingerprint density at radius 2 is 2.00 bits per heavy atom. The second-order valence-corrected chi connectivity index (χ2v) is 5.16. The third kappa shape index (κ3) is 4.17. The van der Waals surface area contributed by atoms with Crippen molar-refractivity contribution in [2.75, 3.05) is 19.0 Å². The second kappa shape index (κ2) is 7.61. The van der Waals surface area contributed by atoms with Gasteiger partial charge in [-0.3, -0.25) is 0 Å². The molecule has 0 radical (unpaired) electrons. The summed E-state index contributed by atoms with van der Waals surface area (Å²) in [5.41, 5.74) is 2.02. The number of rotatable bonds is 6. The summed E-state index contributed by atoms with van der Waals surface area (Å²) in [4.78, 5) is 0. The number of methoxy groups -OCH3 is 1. The van der Waals surface area contributed by atoms with Crippen molar-refractivity contribution in [3.05, 3.63) is 52.5 Å². The molecule has 0 aliphatic carbocycles. The molecule has 2 aromatic rings. The Bertz CT molecular complexity index is 649. The van der Waals surface area contributed by atoms with Gasteiger partial charge in [0.05, 0.1) is 11.6 Å². The average molecular weight is 346 g/mol. The van der Waals surface area contributed by atoms with Gasteiger partial charge in [-0.2, -0.15) is 0 Å². The number of hydrogen-bond acceptors (Lipinski definition) is 3. The molecule has 3 nitrogen and oxygen atoms in total. The summed E-state index contributed by atoms with van der Waals surface area (Å²) in [6.07, 6.45) is 5.23. The average Bonchev–Trinajstić information content (AvgIpc) is 2.53. The quantitative estimate of drug-likeness (QED) is 0.800. The highest BCUT2D eigenvalue weighted by Gasteiger charge is 2.04. The summed E-state index contributed by atoms with van der Waals surface area (Å²) >= 11 is 3.44. The van der Waals surface area contributed by atoms with E-state index >= 15 is 0 Å². The number of nitrogens with one attached hydrogen (secondary N) is 1. The van der Waals surface area contributed by atoms with Crippen LogP contribution in [0.4, 0.5) is 5.69 Å². The van der Waals surface area contributed by atoms with E-state index in [0.717, 1.165) is 27.2 Å². The molecule has 2 aromatic carbocycles. The summed E-state index contributed by atoms with van der Waals surface area (Å²) < 4.78 is 11.7. The van der Waals surface area contributed by atoms with Gasteiger partial charge in [0, 0.05) is 23.9 Å². The molecule has 21 heavy (non-hydrogen) atoms. The Labute approximate surface area is 133 Å². The van der Waals surface area contributed by atoms with Gasteiger partial charge in [-0.05, 0) is 34.1 Å². The highest BCUT2D eigenvalue weighted by Crippen LogP contribution is 2.28. The molecule has 0 unspecified atom stereocenters. The minimum atomic E-state index is 0.267. The lowest BCUT2D eigenvalue weighted by Crippen LogP contribution is -2.03. The van der Waals surface area contributed by atoms with E-state index in [1.54, 1.807) is 7.11 Å². The molecule has 0 spiro atoms. The number of ether oxygens (including phenoxy) is 2. The zero-order valence-electron chi connectivity index (χ0n) is 11.7. The first kappa shape index (κ1) is 15.3. The van der Waals surface area contributed by atoms with Crippen LogP contribution in [0.3, 0.4) is 0 Å². The van der Waals surface area contributed by atoms with Crippen LogP contribution < -0.4 is 14.8 Å². The fourth-order valence-corrected chi connectivity index (χ4v) is 2.29. The van der Waals surface area contributed by atoms with Crippen molar-refractivity contribution in [1.29, 1.82) is 0 Å². The molecule has 2 rings (SSSR count). The molecule has 0 atom stereocenters. The number of para-hydroxylation sites is 1. The first-order chi connectivity index (χ1) is 10.2. The molecule has 0 saturated carbocycles. The van der Waals surface area contributed by atoms with Crippen LogP contribution in [0.25, 0.3) is 0 Å². The summed E-state index contributed by atoms with van der Waals surface area (Å²) in [5, 5.41) is 3.35. The summed E-state index contributed by atoms with van der Waals surface area (Å²) in [6, 6.07) is 13.7. The first-order valence-electron chi connectivity index (χ1n) is 6.46. The molecule has 108 valence electrons. The highest BCUT2D eigenvalue weighted by atomic mass is 79.9. The van der Waals surface area contributed by atoms with E-state index in [1.165, 1.54) is 0 Å². The molecule has 0 saturated heterocycles. The normalized spacial score (nSPS) is 9.76. The van der Waals surface area contributed by atoms with Crippen LogP contribution in [0.15, 0.2) is 46.9 Å². The number of benzene rings is 2. The lowest BCUT2D eigenvalue weighted by molar-refractivity contribution is 0.366. The minimum Gasteiger partial charge on any atom is -0.495 e. The summed E-state index contributed by atoms with van der Waals surface area (Å²) in [5.74, 6) is 4.06. The molecule has 0 heterocycles. The fourth-order valence-electron chi connectivity index (χ4n) is 1.88. The topological polar surface area (TPSA) is 30.5 Å². The number of hydrogen-bond donors (Lipinski definition) is 1. The van der Waals surface area contributed by atoms with E-state index < -0.39 is 0 Å². The van der Waals surface area contributed by atoms with Crippen molar-refractivity contribution in [2.24, 2.45) is 0 Å². The van der Waals surface area contributed by atoms with Crippen molar-refractivity contribution in [3.63, 3.8) is 0 Å². The zero-order valence-corrected chi connectivity index (χ0v) is 13.3. The van der Waals surface area contributed by atoms with E-state index in [0.29, 0.717) is 6.54 Å². The van der Waals surface area contributed by atoms with Gasteiger partial charge in [0.25, 0.3) is 0 Å². The molecule has 0 aliphatic heterocycles. The Balaban J connectivity index is 2.08. The van der Waals surface area contributed by atoms with Gasteiger partial charge >= 0.3 is 0 Å². The molecule has 0 amide bonds. The van der Waals surface area contributed by atoms with E-state index in [1.807, 2.05) is 42.5 Å². The number of terminal acetylenes is 1. The predicted octanol–water partition coefficient (Wildman–Crippen LogP) is 4.08.